The van der Waals surface area contributed by atoms with Crippen LogP contribution in [0.25, 0.3) is 0 Å². The third kappa shape index (κ3) is 6.84. The van der Waals surface area contributed by atoms with Crippen LogP contribution in [-0.2, 0) is 14.3 Å². The van der Waals surface area contributed by atoms with Crippen LogP contribution in [0.5, 0.6) is 0 Å². The van der Waals surface area contributed by atoms with Gasteiger partial charge in [0.1, 0.15) is 0 Å². The number of esters is 1. The number of benzene rings is 1. The lowest BCUT2D eigenvalue weighted by atomic mass is 9.94. The van der Waals surface area contributed by atoms with E-state index in [9.17, 15) is 14.4 Å². The highest BCUT2D eigenvalue weighted by Crippen LogP contribution is 2.32. The molecule has 3 amide bonds. The molecule has 7 nitrogen and oxygen atoms in total. The molecule has 2 N–H and O–H groups in total. The summed E-state index contributed by atoms with van der Waals surface area (Å²) in [6.07, 6.45) is 7.70. The van der Waals surface area contributed by atoms with E-state index in [4.69, 9.17) is 4.74 Å². The van der Waals surface area contributed by atoms with Crippen molar-refractivity contribution in [2.45, 2.75) is 78.2 Å². The lowest BCUT2D eigenvalue weighted by Gasteiger charge is -2.35. The Hall–Kier alpha value is -2.83. The first-order valence-electron chi connectivity index (χ1n) is 11.7. The summed E-state index contributed by atoms with van der Waals surface area (Å²) < 4.78 is 5.02. The molecular weight excluding hydrogens is 406 g/mol. The Balaban J connectivity index is 2.19. The highest BCUT2D eigenvalue weighted by atomic mass is 16.5. The minimum atomic E-state index is -0.640. The topological polar surface area (TPSA) is 87.7 Å². The molecule has 0 unspecified atom stereocenters. The van der Waals surface area contributed by atoms with Gasteiger partial charge in [-0.2, -0.15) is 0 Å². The lowest BCUT2D eigenvalue weighted by molar-refractivity contribution is -0.136. The maximum atomic E-state index is 12.8. The number of amides is 3. The van der Waals surface area contributed by atoms with Gasteiger partial charge >= 0.3 is 12.0 Å². The summed E-state index contributed by atoms with van der Waals surface area (Å²) in [5, 5.41) is 5.87. The number of hydrogen-bond acceptors (Lipinski definition) is 4. The van der Waals surface area contributed by atoms with Crippen LogP contribution >= 0.6 is 0 Å². The number of rotatable bonds is 12. The summed E-state index contributed by atoms with van der Waals surface area (Å²) in [6, 6.07) is 6.38. The maximum absolute atomic E-state index is 12.8. The van der Waals surface area contributed by atoms with Gasteiger partial charge in [0.15, 0.2) is 0 Å². The molecule has 1 aromatic rings. The first kappa shape index (κ1) is 25.4. The molecule has 1 aliphatic heterocycles. The van der Waals surface area contributed by atoms with Gasteiger partial charge in [0.2, 0.25) is 5.91 Å². The van der Waals surface area contributed by atoms with Gasteiger partial charge in [-0.05, 0) is 37.5 Å². The molecule has 0 aromatic heterocycles. The average molecular weight is 444 g/mol. The predicted molar refractivity (Wildman–Crippen MR) is 126 cm³/mol. The fraction of sp³-hybridized carbons (Fsp3) is 0.560. The largest absolute Gasteiger partial charge is 0.466 e. The third-order valence-corrected chi connectivity index (χ3v) is 5.75. The highest BCUT2D eigenvalue weighted by Gasteiger charge is 2.36. The first-order valence-corrected chi connectivity index (χ1v) is 11.7. The average Bonchev–Trinajstić information content (AvgIpc) is 2.78. The number of nitrogens with zero attached hydrogens (tertiary/aromatic N) is 1. The van der Waals surface area contributed by atoms with Crippen molar-refractivity contribution >= 4 is 23.6 Å². The van der Waals surface area contributed by atoms with Crippen LogP contribution < -0.4 is 10.6 Å². The Labute approximate surface area is 191 Å². The van der Waals surface area contributed by atoms with Gasteiger partial charge in [0, 0.05) is 24.4 Å². The number of carbonyl (C=O) groups is 3. The van der Waals surface area contributed by atoms with E-state index in [0.29, 0.717) is 35.5 Å². The molecule has 0 fully saturated rings. The molecule has 1 aliphatic rings. The van der Waals surface area contributed by atoms with E-state index >= 15 is 0 Å². The molecule has 2 rings (SSSR count). The van der Waals surface area contributed by atoms with Crippen molar-refractivity contribution in [2.24, 2.45) is 0 Å². The van der Waals surface area contributed by atoms with Gasteiger partial charge in [0.25, 0.3) is 0 Å². The summed E-state index contributed by atoms with van der Waals surface area (Å²) in [4.78, 5) is 39.3. The molecule has 176 valence electrons. The number of allylic oxidation sites excluding steroid dienone is 1. The number of methoxy groups -OCH3 is 1. The molecule has 32 heavy (non-hydrogen) atoms. The Kier molecular flexibility index (Phi) is 10.2. The zero-order valence-electron chi connectivity index (χ0n) is 19.8. The second-order valence-electron chi connectivity index (χ2n) is 8.22. The first-order chi connectivity index (χ1) is 15.4. The summed E-state index contributed by atoms with van der Waals surface area (Å²) in [6.45, 7) is 6.53. The van der Waals surface area contributed by atoms with Crippen molar-refractivity contribution < 1.29 is 19.1 Å². The smallest absolute Gasteiger partial charge is 0.337 e. The molecule has 0 saturated heterocycles. The minimum Gasteiger partial charge on any atom is -0.466 e. The molecule has 1 atom stereocenters. The number of hydrogen-bond donors (Lipinski definition) is 2. The van der Waals surface area contributed by atoms with Gasteiger partial charge in [-0.15, -0.1) is 0 Å². The summed E-state index contributed by atoms with van der Waals surface area (Å²) in [5.74, 6) is -0.507. The van der Waals surface area contributed by atoms with Gasteiger partial charge in [-0.1, -0.05) is 58.1 Å². The molecule has 0 bridgehead atoms. The fourth-order valence-corrected chi connectivity index (χ4v) is 3.90. The number of unbranched alkanes of at least 4 members (excludes halogenated alkanes) is 5. The molecule has 0 spiro atoms. The third-order valence-electron chi connectivity index (χ3n) is 5.75. The second kappa shape index (κ2) is 12.9. The van der Waals surface area contributed by atoms with Crippen LogP contribution in [0.3, 0.4) is 0 Å². The molecule has 0 aliphatic carbocycles. The van der Waals surface area contributed by atoms with Crippen LogP contribution in [0.2, 0.25) is 0 Å². The number of nitrogens with one attached hydrogen (secondary N) is 2. The number of anilines is 1. The number of carbonyl (C=O) groups excluding carboxylic acids is 3. The maximum Gasteiger partial charge on any atom is 0.337 e. The monoisotopic (exact) mass is 443 g/mol. The van der Waals surface area contributed by atoms with E-state index in [1.807, 2.05) is 18.2 Å². The van der Waals surface area contributed by atoms with Crippen molar-refractivity contribution in [1.29, 1.82) is 0 Å². The van der Waals surface area contributed by atoms with E-state index < -0.39 is 12.0 Å². The zero-order valence-corrected chi connectivity index (χ0v) is 19.8. The molecular formula is C25H37N3O4. The van der Waals surface area contributed by atoms with Crippen LogP contribution in [0.15, 0.2) is 35.5 Å². The fourth-order valence-electron chi connectivity index (χ4n) is 3.90. The minimum absolute atomic E-state index is 0.0306. The lowest BCUT2D eigenvalue weighted by Crippen LogP contribution is -2.48. The van der Waals surface area contributed by atoms with Crippen LogP contribution in [0, 0.1) is 0 Å². The van der Waals surface area contributed by atoms with Crippen molar-refractivity contribution in [3.05, 3.63) is 41.1 Å². The standard InChI is InChI=1S/C25H37N3O4/c1-5-7-9-10-11-15-21(29)26-20-14-12-13-19(17-20)23-22(24(30)32-4)18(3)28(16-8-6-2)25(31)27-23/h12-14,17,23H,5-11,15-16H2,1-4H3,(H,26,29)(H,27,31)/t23-/m1/s1. The second-order valence-corrected chi connectivity index (χ2v) is 8.22. The Bertz CT molecular complexity index is 834. The van der Waals surface area contributed by atoms with Gasteiger partial charge in [-0.25, -0.2) is 9.59 Å². The number of urea groups is 1. The van der Waals surface area contributed by atoms with E-state index in [1.54, 1.807) is 17.9 Å². The summed E-state index contributed by atoms with van der Waals surface area (Å²) in [5.41, 5.74) is 2.36. The van der Waals surface area contributed by atoms with Crippen molar-refractivity contribution in [3.63, 3.8) is 0 Å². The predicted octanol–water partition coefficient (Wildman–Crippen LogP) is 5.30. The van der Waals surface area contributed by atoms with Crippen LogP contribution in [0.1, 0.15) is 83.7 Å². The number of ether oxygens (including phenoxy) is 1. The molecule has 0 saturated carbocycles. The molecule has 1 heterocycles. The normalized spacial score (nSPS) is 16.1. The SMILES string of the molecule is CCCCCCCC(=O)Nc1cccc([C@H]2NC(=O)N(CCCC)C(C)=C2C(=O)OC)c1. The Morgan fingerprint density at radius 1 is 1.09 bits per heavy atom. The van der Waals surface area contributed by atoms with Crippen molar-refractivity contribution in [2.75, 3.05) is 19.0 Å². The van der Waals surface area contributed by atoms with E-state index in [-0.39, 0.29) is 11.9 Å². The molecule has 0 radical (unpaired) electrons. The highest BCUT2D eigenvalue weighted by molar-refractivity contribution is 5.95. The summed E-state index contributed by atoms with van der Waals surface area (Å²) in [7, 11) is 1.34. The van der Waals surface area contributed by atoms with E-state index in [0.717, 1.165) is 32.1 Å². The van der Waals surface area contributed by atoms with Gasteiger partial charge in [-0.3, -0.25) is 9.69 Å². The zero-order chi connectivity index (χ0) is 23.5. The van der Waals surface area contributed by atoms with E-state index in [2.05, 4.69) is 24.5 Å². The van der Waals surface area contributed by atoms with Crippen LogP contribution in [-0.4, -0.2) is 36.5 Å². The molecule has 1 aromatic carbocycles. The van der Waals surface area contributed by atoms with Crippen molar-refractivity contribution in [3.8, 4) is 0 Å². The van der Waals surface area contributed by atoms with Crippen molar-refractivity contribution in [1.82, 2.24) is 10.2 Å². The van der Waals surface area contributed by atoms with E-state index in [1.165, 1.54) is 20.0 Å². The quantitative estimate of drug-likeness (QED) is 0.339. The molecule has 7 heteroatoms. The van der Waals surface area contributed by atoms with Crippen LogP contribution in [0.4, 0.5) is 10.5 Å². The Morgan fingerprint density at radius 2 is 1.81 bits per heavy atom. The Morgan fingerprint density at radius 3 is 2.50 bits per heavy atom. The van der Waals surface area contributed by atoms with Gasteiger partial charge < -0.3 is 15.4 Å². The van der Waals surface area contributed by atoms with Gasteiger partial charge in [0.05, 0.1) is 18.7 Å². The summed E-state index contributed by atoms with van der Waals surface area (Å²) >= 11 is 0.